The molecule has 4 nitrogen and oxygen atoms in total. The molecule has 1 atom stereocenters. The monoisotopic (exact) mass is 290 g/mol. The van der Waals surface area contributed by atoms with E-state index in [-0.39, 0.29) is 0 Å². The van der Waals surface area contributed by atoms with Crippen LogP contribution in [-0.4, -0.2) is 30.7 Å². The molecule has 1 unspecified atom stereocenters. The van der Waals surface area contributed by atoms with Gasteiger partial charge in [-0.25, -0.2) is 0 Å². The summed E-state index contributed by atoms with van der Waals surface area (Å²) in [4.78, 5) is 13.5. The lowest BCUT2D eigenvalue weighted by molar-refractivity contribution is -0.140. The predicted octanol–water partition coefficient (Wildman–Crippen LogP) is 2.66. The van der Waals surface area contributed by atoms with Gasteiger partial charge in [0.1, 0.15) is 6.04 Å². The Balaban J connectivity index is 2.01. The maximum Gasteiger partial charge on any atom is 0.320 e. The second kappa shape index (κ2) is 6.94. The van der Waals surface area contributed by atoms with Gasteiger partial charge in [0.15, 0.2) is 0 Å². The summed E-state index contributed by atoms with van der Waals surface area (Å²) in [5, 5.41) is 12.4. The van der Waals surface area contributed by atoms with Crippen LogP contribution in [0.15, 0.2) is 18.2 Å². The first-order valence-corrected chi connectivity index (χ1v) is 7.76. The second-order valence-corrected chi connectivity index (χ2v) is 6.39. The van der Waals surface area contributed by atoms with E-state index in [1.807, 2.05) is 13.8 Å². The summed E-state index contributed by atoms with van der Waals surface area (Å²) in [5.74, 6) is -0.392. The molecule has 1 aliphatic rings. The first kappa shape index (κ1) is 15.8. The fourth-order valence-corrected chi connectivity index (χ4v) is 2.93. The van der Waals surface area contributed by atoms with Crippen LogP contribution in [0.2, 0.25) is 0 Å². The number of nitrogens with zero attached hydrogens (tertiary/aromatic N) is 1. The van der Waals surface area contributed by atoms with Crippen LogP contribution < -0.4 is 10.2 Å². The minimum Gasteiger partial charge on any atom is -0.480 e. The van der Waals surface area contributed by atoms with E-state index in [0.717, 1.165) is 13.0 Å². The number of hydrogen-bond donors (Lipinski definition) is 2. The molecule has 0 fully saturated rings. The fraction of sp³-hybridized carbons (Fsp3) is 0.588. The minimum absolute atomic E-state index is 0.371. The van der Waals surface area contributed by atoms with Crippen molar-refractivity contribution in [2.75, 3.05) is 18.5 Å². The fourth-order valence-electron chi connectivity index (χ4n) is 2.93. The number of hydrogen-bond acceptors (Lipinski definition) is 3. The maximum atomic E-state index is 11.3. The maximum absolute atomic E-state index is 11.3. The Hall–Kier alpha value is -1.55. The Morgan fingerprint density at radius 3 is 2.86 bits per heavy atom. The second-order valence-electron chi connectivity index (χ2n) is 6.39. The van der Waals surface area contributed by atoms with Gasteiger partial charge in [0, 0.05) is 25.8 Å². The Morgan fingerprint density at radius 1 is 1.43 bits per heavy atom. The highest BCUT2D eigenvalue weighted by Gasteiger charge is 2.19. The molecule has 1 heterocycles. The molecule has 0 aliphatic carbocycles. The topological polar surface area (TPSA) is 52.6 Å². The number of rotatable bonds is 6. The third-order valence-corrected chi connectivity index (χ3v) is 4.05. The van der Waals surface area contributed by atoms with Gasteiger partial charge in [-0.2, -0.15) is 0 Å². The first-order chi connectivity index (χ1) is 9.97. The molecule has 2 rings (SSSR count). The van der Waals surface area contributed by atoms with Gasteiger partial charge in [0.05, 0.1) is 0 Å². The SMILES string of the molecule is CC(C)CC(NCc1ccc2c(c1)CCCN2C)C(=O)O. The first-order valence-electron chi connectivity index (χ1n) is 7.76. The highest BCUT2D eigenvalue weighted by atomic mass is 16.4. The van der Waals surface area contributed by atoms with E-state index in [1.165, 1.54) is 23.2 Å². The van der Waals surface area contributed by atoms with E-state index in [2.05, 4.69) is 35.5 Å². The molecule has 1 aliphatic heterocycles. The molecular weight excluding hydrogens is 264 g/mol. The number of anilines is 1. The number of fused-ring (bicyclic) bond motifs is 1. The average Bonchev–Trinajstić information content (AvgIpc) is 2.43. The minimum atomic E-state index is -0.763. The predicted molar refractivity (Wildman–Crippen MR) is 85.8 cm³/mol. The van der Waals surface area contributed by atoms with Gasteiger partial charge in [0.2, 0.25) is 0 Å². The van der Waals surface area contributed by atoms with E-state index < -0.39 is 12.0 Å². The number of aliphatic carboxylic acids is 1. The summed E-state index contributed by atoms with van der Waals surface area (Å²) in [6.07, 6.45) is 2.95. The van der Waals surface area contributed by atoms with E-state index in [0.29, 0.717) is 18.9 Å². The van der Waals surface area contributed by atoms with Crippen molar-refractivity contribution in [2.24, 2.45) is 5.92 Å². The number of aryl methyl sites for hydroxylation is 1. The molecule has 0 amide bonds. The molecule has 1 aromatic carbocycles. The van der Waals surface area contributed by atoms with E-state index in [4.69, 9.17) is 0 Å². The third kappa shape index (κ3) is 4.21. The molecule has 116 valence electrons. The average molecular weight is 290 g/mol. The molecule has 0 spiro atoms. The van der Waals surface area contributed by atoms with E-state index in [9.17, 15) is 9.90 Å². The standard InChI is InChI=1S/C17H26N2O2/c1-12(2)9-15(17(20)21)18-11-13-6-7-16-14(10-13)5-4-8-19(16)3/h6-7,10,12,15,18H,4-5,8-9,11H2,1-3H3,(H,20,21). The van der Waals surface area contributed by atoms with Crippen LogP contribution in [0.4, 0.5) is 5.69 Å². The van der Waals surface area contributed by atoms with Crippen LogP contribution in [0.5, 0.6) is 0 Å². The summed E-state index contributed by atoms with van der Waals surface area (Å²) in [7, 11) is 2.12. The zero-order valence-electron chi connectivity index (χ0n) is 13.2. The van der Waals surface area contributed by atoms with Crippen molar-refractivity contribution in [1.82, 2.24) is 5.32 Å². The van der Waals surface area contributed by atoms with Gasteiger partial charge < -0.3 is 15.3 Å². The van der Waals surface area contributed by atoms with Crippen LogP contribution in [0.25, 0.3) is 0 Å². The number of nitrogens with one attached hydrogen (secondary N) is 1. The lowest BCUT2D eigenvalue weighted by Crippen LogP contribution is -2.37. The molecule has 2 N–H and O–H groups in total. The van der Waals surface area contributed by atoms with Crippen LogP contribution in [0.3, 0.4) is 0 Å². The van der Waals surface area contributed by atoms with Crippen molar-refractivity contribution < 1.29 is 9.90 Å². The van der Waals surface area contributed by atoms with Crippen molar-refractivity contribution in [1.29, 1.82) is 0 Å². The lowest BCUT2D eigenvalue weighted by atomic mass is 9.99. The summed E-state index contributed by atoms with van der Waals surface area (Å²) in [5.41, 5.74) is 3.85. The molecule has 0 saturated carbocycles. The van der Waals surface area contributed by atoms with E-state index >= 15 is 0 Å². The summed E-state index contributed by atoms with van der Waals surface area (Å²) < 4.78 is 0. The number of benzene rings is 1. The molecule has 4 heteroatoms. The van der Waals surface area contributed by atoms with Crippen LogP contribution in [0.1, 0.15) is 37.8 Å². The van der Waals surface area contributed by atoms with Gasteiger partial charge in [-0.15, -0.1) is 0 Å². The molecule has 21 heavy (non-hydrogen) atoms. The summed E-state index contributed by atoms with van der Waals surface area (Å²) in [6, 6.07) is 6.00. The van der Waals surface area contributed by atoms with Crippen molar-refractivity contribution in [3.63, 3.8) is 0 Å². The molecular formula is C17H26N2O2. The molecule has 0 radical (unpaired) electrons. The van der Waals surface area contributed by atoms with Crippen molar-refractivity contribution in [2.45, 2.75) is 45.7 Å². The Morgan fingerprint density at radius 2 is 2.19 bits per heavy atom. The zero-order chi connectivity index (χ0) is 15.4. The number of carboxylic acid groups (broad SMARTS) is 1. The summed E-state index contributed by atoms with van der Waals surface area (Å²) >= 11 is 0. The van der Waals surface area contributed by atoms with Gasteiger partial charge in [0.25, 0.3) is 0 Å². The molecule has 0 aromatic heterocycles. The quantitative estimate of drug-likeness (QED) is 0.846. The molecule has 1 aromatic rings. The third-order valence-electron chi connectivity index (χ3n) is 4.05. The van der Waals surface area contributed by atoms with Crippen molar-refractivity contribution in [3.05, 3.63) is 29.3 Å². The van der Waals surface area contributed by atoms with Crippen LogP contribution >= 0.6 is 0 Å². The summed E-state index contributed by atoms with van der Waals surface area (Å²) in [6.45, 7) is 5.82. The molecule has 0 saturated heterocycles. The molecule has 0 bridgehead atoms. The normalized spacial score (nSPS) is 15.9. The Labute approximate surface area is 127 Å². The van der Waals surface area contributed by atoms with Gasteiger partial charge in [-0.3, -0.25) is 4.79 Å². The van der Waals surface area contributed by atoms with Gasteiger partial charge >= 0.3 is 5.97 Å². The highest BCUT2D eigenvalue weighted by molar-refractivity contribution is 5.73. The Bertz CT molecular complexity index is 500. The Kier molecular flexibility index (Phi) is 5.23. The van der Waals surface area contributed by atoms with Gasteiger partial charge in [-0.05, 0) is 42.4 Å². The number of carbonyl (C=O) groups is 1. The van der Waals surface area contributed by atoms with Gasteiger partial charge in [-0.1, -0.05) is 26.0 Å². The van der Waals surface area contributed by atoms with Crippen molar-refractivity contribution >= 4 is 11.7 Å². The number of carboxylic acids is 1. The smallest absolute Gasteiger partial charge is 0.320 e. The van der Waals surface area contributed by atoms with Crippen LogP contribution in [-0.2, 0) is 17.8 Å². The lowest BCUT2D eigenvalue weighted by Gasteiger charge is -2.28. The van der Waals surface area contributed by atoms with E-state index in [1.54, 1.807) is 0 Å². The largest absolute Gasteiger partial charge is 0.480 e. The highest BCUT2D eigenvalue weighted by Crippen LogP contribution is 2.26. The zero-order valence-corrected chi connectivity index (χ0v) is 13.2. The van der Waals surface area contributed by atoms with Crippen molar-refractivity contribution in [3.8, 4) is 0 Å². The van der Waals surface area contributed by atoms with Crippen LogP contribution in [0, 0.1) is 5.92 Å².